The summed E-state index contributed by atoms with van der Waals surface area (Å²) < 4.78 is 31.1. The molecule has 0 amide bonds. The van der Waals surface area contributed by atoms with Gasteiger partial charge in [0.25, 0.3) is 0 Å². The van der Waals surface area contributed by atoms with Gasteiger partial charge in [-0.05, 0) is 48.1 Å². The third-order valence-corrected chi connectivity index (χ3v) is 6.69. The summed E-state index contributed by atoms with van der Waals surface area (Å²) in [5.41, 5.74) is 4.29. The predicted molar refractivity (Wildman–Crippen MR) is 120 cm³/mol. The van der Waals surface area contributed by atoms with E-state index in [4.69, 9.17) is 4.74 Å². The van der Waals surface area contributed by atoms with Crippen LogP contribution in [0.5, 0.6) is 0 Å². The van der Waals surface area contributed by atoms with Crippen LogP contribution in [0.3, 0.4) is 0 Å². The highest BCUT2D eigenvalue weighted by Gasteiger charge is 2.14. The van der Waals surface area contributed by atoms with Gasteiger partial charge in [0.15, 0.2) is 9.84 Å². The molecule has 0 unspecified atom stereocenters. The van der Waals surface area contributed by atoms with E-state index in [9.17, 15) is 13.2 Å². The smallest absolute Gasteiger partial charge is 0.328 e. The number of aryl methyl sites for hydroxylation is 1. The molecule has 3 aromatic rings. The molecule has 2 aromatic carbocycles. The highest BCUT2D eigenvalue weighted by atomic mass is 32.2. The lowest BCUT2D eigenvalue weighted by atomic mass is 10.0. The first-order chi connectivity index (χ1) is 14.3. The first-order valence-corrected chi connectivity index (χ1v) is 12.5. The van der Waals surface area contributed by atoms with Gasteiger partial charge in [-0.1, -0.05) is 43.3 Å². The summed E-state index contributed by atoms with van der Waals surface area (Å²) in [7, 11) is -3.26. The number of aromatic nitrogens is 2. The van der Waals surface area contributed by atoms with E-state index < -0.39 is 9.84 Å². The Kier molecular flexibility index (Phi) is 6.99. The molecule has 0 N–H and O–H groups in total. The Morgan fingerprint density at radius 2 is 1.77 bits per heavy atom. The maximum Gasteiger partial charge on any atom is 0.328 e. The van der Waals surface area contributed by atoms with Gasteiger partial charge in [0.1, 0.15) is 12.5 Å². The molecule has 0 aliphatic heterocycles. The zero-order chi connectivity index (χ0) is 21.7. The summed E-state index contributed by atoms with van der Waals surface area (Å²) >= 11 is 1.44. The number of carbonyl (C=O) groups excluding carboxylic acids is 1. The van der Waals surface area contributed by atoms with Crippen LogP contribution >= 0.6 is 11.8 Å². The van der Waals surface area contributed by atoms with Crippen LogP contribution in [0.1, 0.15) is 12.6 Å². The Morgan fingerprint density at radius 1 is 1.07 bits per heavy atom. The topological polar surface area (TPSA) is 78.3 Å². The van der Waals surface area contributed by atoms with Gasteiger partial charge in [-0.3, -0.25) is 9.48 Å². The van der Waals surface area contributed by atoms with Gasteiger partial charge in [0.2, 0.25) is 0 Å². The van der Waals surface area contributed by atoms with Gasteiger partial charge < -0.3 is 4.74 Å². The maximum atomic E-state index is 12.2. The van der Waals surface area contributed by atoms with E-state index in [0.29, 0.717) is 10.8 Å². The first kappa shape index (κ1) is 22.1. The van der Waals surface area contributed by atoms with Gasteiger partial charge in [-0.25, -0.2) is 8.42 Å². The number of sulfone groups is 1. The van der Waals surface area contributed by atoms with Gasteiger partial charge in [-0.15, -0.1) is 11.8 Å². The zero-order valence-corrected chi connectivity index (χ0v) is 18.8. The molecule has 30 heavy (non-hydrogen) atoms. The number of hydrogen-bond donors (Lipinski definition) is 0. The van der Waals surface area contributed by atoms with Gasteiger partial charge in [-0.2, -0.15) is 5.10 Å². The summed E-state index contributed by atoms with van der Waals surface area (Å²) in [4.78, 5) is 12.3. The van der Waals surface area contributed by atoms with Crippen molar-refractivity contribution in [2.75, 3.05) is 17.9 Å². The quantitative estimate of drug-likeness (QED) is 0.383. The maximum absolute atomic E-state index is 12.2. The molecule has 3 rings (SSSR count). The van der Waals surface area contributed by atoms with Crippen molar-refractivity contribution in [2.45, 2.75) is 25.3 Å². The van der Waals surface area contributed by atoms with Crippen molar-refractivity contribution in [2.24, 2.45) is 0 Å². The Balaban J connectivity index is 1.87. The second-order valence-corrected chi connectivity index (χ2v) is 9.85. The minimum Gasteiger partial charge on any atom is -0.453 e. The van der Waals surface area contributed by atoms with Crippen molar-refractivity contribution >= 4 is 27.6 Å². The molecule has 158 valence electrons. The molecule has 0 fully saturated rings. The van der Waals surface area contributed by atoms with Crippen molar-refractivity contribution in [1.82, 2.24) is 9.78 Å². The van der Waals surface area contributed by atoms with Crippen molar-refractivity contribution in [3.05, 3.63) is 60.3 Å². The number of rotatable bonds is 8. The molecule has 0 aliphatic carbocycles. The number of ether oxygens (including phenoxy) is 1. The van der Waals surface area contributed by atoms with Crippen LogP contribution in [0.2, 0.25) is 0 Å². The largest absolute Gasteiger partial charge is 0.453 e. The molecule has 0 bridgehead atoms. The van der Waals surface area contributed by atoms with Crippen LogP contribution in [-0.4, -0.2) is 42.1 Å². The van der Waals surface area contributed by atoms with Crippen LogP contribution in [-0.2, 0) is 25.9 Å². The highest BCUT2D eigenvalue weighted by molar-refractivity contribution is 7.98. The SMILES string of the molecule is CCS(=O)(=O)c1cccc(-c2ccc(-c3cc(C)nn3CC(=O)OCSC)cc2)c1. The molecule has 1 heterocycles. The molecule has 0 atom stereocenters. The summed E-state index contributed by atoms with van der Waals surface area (Å²) in [5.74, 6) is 0.0490. The van der Waals surface area contributed by atoms with E-state index in [1.54, 1.807) is 29.8 Å². The van der Waals surface area contributed by atoms with Crippen molar-refractivity contribution < 1.29 is 17.9 Å². The molecule has 0 saturated carbocycles. The molecule has 1 aromatic heterocycles. The molecule has 0 aliphatic rings. The molecular formula is C22H24N2O4S2. The van der Waals surface area contributed by atoms with Crippen molar-refractivity contribution in [3.63, 3.8) is 0 Å². The van der Waals surface area contributed by atoms with Crippen LogP contribution < -0.4 is 0 Å². The average molecular weight is 445 g/mol. The van der Waals surface area contributed by atoms with E-state index in [2.05, 4.69) is 5.10 Å². The number of carbonyl (C=O) groups is 1. The standard InChI is InChI=1S/C22H24N2O4S2/c1-4-30(26,27)20-7-5-6-19(13-20)17-8-10-18(11-9-17)21-12-16(2)23-24(21)14-22(25)28-15-29-3/h5-13H,4,14-15H2,1-3H3. The fourth-order valence-electron chi connectivity index (χ4n) is 3.06. The second-order valence-electron chi connectivity index (χ2n) is 6.76. The third-order valence-electron chi connectivity index (χ3n) is 4.61. The monoisotopic (exact) mass is 444 g/mol. The molecule has 6 nitrogen and oxygen atoms in total. The predicted octanol–water partition coefficient (Wildman–Crippen LogP) is 4.18. The Bertz CT molecular complexity index is 1140. The molecule has 0 saturated heterocycles. The van der Waals surface area contributed by atoms with Crippen LogP contribution in [0, 0.1) is 6.92 Å². The van der Waals surface area contributed by atoms with E-state index in [1.165, 1.54) is 11.8 Å². The number of esters is 1. The van der Waals surface area contributed by atoms with E-state index in [-0.39, 0.29) is 18.3 Å². The second kappa shape index (κ2) is 9.49. The normalized spacial score (nSPS) is 11.4. The third kappa shape index (κ3) is 5.12. The van der Waals surface area contributed by atoms with Crippen molar-refractivity contribution in [1.29, 1.82) is 0 Å². The van der Waals surface area contributed by atoms with Crippen LogP contribution in [0.15, 0.2) is 59.5 Å². The minimum atomic E-state index is -3.26. The number of nitrogens with zero attached hydrogens (tertiary/aromatic N) is 2. The average Bonchev–Trinajstić information content (AvgIpc) is 3.12. The lowest BCUT2D eigenvalue weighted by Gasteiger charge is -2.09. The summed E-state index contributed by atoms with van der Waals surface area (Å²) in [5, 5.41) is 4.41. The Labute approximate surface area is 181 Å². The summed E-state index contributed by atoms with van der Waals surface area (Å²) in [6, 6.07) is 16.6. The van der Waals surface area contributed by atoms with Crippen LogP contribution in [0.4, 0.5) is 0 Å². The fourth-order valence-corrected chi connectivity index (χ4v) is 4.24. The Morgan fingerprint density at radius 3 is 2.43 bits per heavy atom. The molecular weight excluding hydrogens is 420 g/mol. The van der Waals surface area contributed by atoms with Gasteiger partial charge in [0.05, 0.1) is 22.0 Å². The molecule has 8 heteroatoms. The first-order valence-electron chi connectivity index (χ1n) is 9.46. The number of benzene rings is 2. The van der Waals surface area contributed by atoms with Crippen molar-refractivity contribution in [3.8, 4) is 22.4 Å². The number of hydrogen-bond acceptors (Lipinski definition) is 6. The Hall–Kier alpha value is -2.58. The summed E-state index contributed by atoms with van der Waals surface area (Å²) in [6.45, 7) is 3.56. The van der Waals surface area contributed by atoms with Crippen LogP contribution in [0.25, 0.3) is 22.4 Å². The van der Waals surface area contributed by atoms with E-state index in [1.807, 2.05) is 49.6 Å². The molecule has 0 spiro atoms. The highest BCUT2D eigenvalue weighted by Crippen LogP contribution is 2.27. The fraction of sp³-hybridized carbons (Fsp3) is 0.273. The zero-order valence-electron chi connectivity index (χ0n) is 17.2. The minimum absolute atomic E-state index is 0.0441. The summed E-state index contributed by atoms with van der Waals surface area (Å²) in [6.07, 6.45) is 1.87. The van der Waals surface area contributed by atoms with E-state index >= 15 is 0 Å². The van der Waals surface area contributed by atoms with E-state index in [0.717, 1.165) is 28.1 Å². The lowest BCUT2D eigenvalue weighted by Crippen LogP contribution is -2.15. The lowest BCUT2D eigenvalue weighted by molar-refractivity contribution is -0.142. The number of thioether (sulfide) groups is 1. The van der Waals surface area contributed by atoms with Gasteiger partial charge in [0, 0.05) is 0 Å². The molecule has 0 radical (unpaired) electrons. The van der Waals surface area contributed by atoms with Gasteiger partial charge >= 0.3 is 5.97 Å².